The molecule has 0 bridgehead atoms. The number of hydrogen-bond acceptors (Lipinski definition) is 5. The Balaban J connectivity index is 3.73. The molecule has 15 heavy (non-hydrogen) atoms. The normalized spacial score (nSPS) is 12.7. The van der Waals surface area contributed by atoms with E-state index in [0.717, 1.165) is 0 Å². The molecule has 0 aromatic heterocycles. The standard InChI is InChI=1S/C6H9F3O3S3/c7-6(8,9)15(10,11)12-3-1-2-4-14-5-13/h5H,1-4H2. The number of hydrogen-bond donors (Lipinski definition) is 0. The first kappa shape index (κ1) is 15.1. The van der Waals surface area contributed by atoms with Crippen molar-refractivity contribution in [1.82, 2.24) is 0 Å². The summed E-state index contributed by atoms with van der Waals surface area (Å²) >= 11 is 5.83. The highest BCUT2D eigenvalue weighted by molar-refractivity contribution is 8.20. The second kappa shape index (κ2) is 6.66. The third kappa shape index (κ3) is 6.33. The van der Waals surface area contributed by atoms with Crippen LogP contribution >= 0.6 is 24.0 Å². The maximum atomic E-state index is 11.7. The largest absolute Gasteiger partial charge is 0.523 e. The summed E-state index contributed by atoms with van der Waals surface area (Å²) in [7, 11) is -5.43. The molecule has 0 aliphatic carbocycles. The molecule has 0 saturated heterocycles. The van der Waals surface area contributed by atoms with E-state index in [-0.39, 0.29) is 6.42 Å². The minimum atomic E-state index is -5.43. The van der Waals surface area contributed by atoms with Crippen LogP contribution in [0.4, 0.5) is 13.2 Å². The van der Waals surface area contributed by atoms with E-state index in [1.807, 2.05) is 0 Å². The highest BCUT2D eigenvalue weighted by Gasteiger charge is 2.47. The zero-order valence-electron chi connectivity index (χ0n) is 7.49. The first-order valence-corrected chi connectivity index (χ1v) is 6.75. The van der Waals surface area contributed by atoms with Gasteiger partial charge in [0.05, 0.1) is 6.61 Å². The molecule has 0 saturated carbocycles. The Kier molecular flexibility index (Phi) is 6.73. The number of rotatable bonds is 7. The van der Waals surface area contributed by atoms with Crippen LogP contribution in [0.25, 0.3) is 0 Å². The minimum Gasteiger partial charge on any atom is -0.263 e. The fraction of sp³-hybridized carbons (Fsp3) is 0.833. The van der Waals surface area contributed by atoms with E-state index in [1.165, 1.54) is 16.5 Å². The van der Waals surface area contributed by atoms with E-state index in [1.54, 1.807) is 0 Å². The average Bonchev–Trinajstić information content (AvgIpc) is 2.09. The SMILES string of the molecule is O=S(=O)(OCCCCSC=S)C(F)(F)F. The molecule has 0 spiro atoms. The molecule has 0 aliphatic heterocycles. The van der Waals surface area contributed by atoms with E-state index in [2.05, 4.69) is 16.4 Å². The predicted octanol–water partition coefficient (Wildman–Crippen LogP) is 2.32. The second-order valence-electron chi connectivity index (χ2n) is 2.40. The van der Waals surface area contributed by atoms with Crippen LogP contribution in [0.1, 0.15) is 12.8 Å². The van der Waals surface area contributed by atoms with Gasteiger partial charge in [0, 0.05) is 4.70 Å². The summed E-state index contributed by atoms with van der Waals surface area (Å²) in [4.78, 5) is 0. The van der Waals surface area contributed by atoms with Crippen LogP contribution in [0.3, 0.4) is 0 Å². The number of thiocarbonyl (C=S) groups is 1. The van der Waals surface area contributed by atoms with Crippen molar-refractivity contribution in [2.45, 2.75) is 18.3 Å². The summed E-state index contributed by atoms with van der Waals surface area (Å²) < 4.78 is 61.1. The van der Waals surface area contributed by atoms with Crippen molar-refractivity contribution in [2.75, 3.05) is 12.4 Å². The lowest BCUT2D eigenvalue weighted by Gasteiger charge is -2.07. The Labute approximate surface area is 95.5 Å². The molecule has 0 atom stereocenters. The van der Waals surface area contributed by atoms with Crippen LogP contribution in [0.15, 0.2) is 0 Å². The molecule has 0 aromatic carbocycles. The Morgan fingerprint density at radius 3 is 2.40 bits per heavy atom. The summed E-state index contributed by atoms with van der Waals surface area (Å²) in [5.74, 6) is 0.638. The molecule has 0 aromatic rings. The number of alkyl halides is 3. The van der Waals surface area contributed by atoms with Crippen LogP contribution in [-0.2, 0) is 14.3 Å². The van der Waals surface area contributed by atoms with Crippen LogP contribution < -0.4 is 0 Å². The molecule has 0 radical (unpaired) electrons. The molecule has 0 rings (SSSR count). The van der Waals surface area contributed by atoms with Gasteiger partial charge < -0.3 is 0 Å². The Morgan fingerprint density at radius 1 is 1.33 bits per heavy atom. The summed E-state index contributed by atoms with van der Waals surface area (Å²) in [5.41, 5.74) is -5.34. The molecule has 0 heterocycles. The summed E-state index contributed by atoms with van der Waals surface area (Å²) in [5, 5.41) is 0. The smallest absolute Gasteiger partial charge is 0.263 e. The average molecular weight is 282 g/mol. The van der Waals surface area contributed by atoms with Crippen LogP contribution in [0.2, 0.25) is 0 Å². The molecule has 0 N–H and O–H groups in total. The van der Waals surface area contributed by atoms with E-state index < -0.39 is 22.2 Å². The van der Waals surface area contributed by atoms with Gasteiger partial charge in [0.25, 0.3) is 0 Å². The fourth-order valence-electron chi connectivity index (χ4n) is 0.571. The highest BCUT2D eigenvalue weighted by Crippen LogP contribution is 2.24. The van der Waals surface area contributed by atoms with Crippen molar-refractivity contribution >= 4 is 38.8 Å². The van der Waals surface area contributed by atoms with Gasteiger partial charge in [-0.05, 0) is 18.6 Å². The lowest BCUT2D eigenvalue weighted by molar-refractivity contribution is -0.0542. The number of thioether (sulfide) groups is 1. The molecule has 0 fully saturated rings. The van der Waals surface area contributed by atoms with Crippen molar-refractivity contribution in [1.29, 1.82) is 0 Å². The fourth-order valence-corrected chi connectivity index (χ4v) is 1.80. The van der Waals surface area contributed by atoms with Crippen molar-refractivity contribution < 1.29 is 25.8 Å². The van der Waals surface area contributed by atoms with Crippen LogP contribution in [0.5, 0.6) is 0 Å². The van der Waals surface area contributed by atoms with E-state index in [4.69, 9.17) is 0 Å². The van der Waals surface area contributed by atoms with Gasteiger partial charge in [0.15, 0.2) is 0 Å². The van der Waals surface area contributed by atoms with Crippen molar-refractivity contribution in [3.05, 3.63) is 0 Å². The molecule has 90 valence electrons. The summed E-state index contributed by atoms with van der Waals surface area (Å²) in [6, 6.07) is 0. The predicted molar refractivity (Wildman–Crippen MR) is 56.3 cm³/mol. The first-order valence-electron chi connectivity index (χ1n) is 3.82. The van der Waals surface area contributed by atoms with Gasteiger partial charge in [-0.25, -0.2) is 0 Å². The molecule has 0 unspecified atom stereocenters. The maximum Gasteiger partial charge on any atom is 0.523 e. The zero-order valence-corrected chi connectivity index (χ0v) is 9.94. The minimum absolute atomic E-state index is 0.242. The van der Waals surface area contributed by atoms with E-state index >= 15 is 0 Å². The van der Waals surface area contributed by atoms with Crippen molar-refractivity contribution in [2.24, 2.45) is 0 Å². The number of halogens is 3. The Bertz CT molecular complexity index is 286. The van der Waals surface area contributed by atoms with Gasteiger partial charge >= 0.3 is 15.6 Å². The van der Waals surface area contributed by atoms with Crippen molar-refractivity contribution in [3.8, 4) is 0 Å². The third-order valence-corrected chi connectivity index (χ3v) is 3.36. The van der Waals surface area contributed by atoms with Gasteiger partial charge in [0.1, 0.15) is 0 Å². The quantitative estimate of drug-likeness (QED) is 0.310. The monoisotopic (exact) mass is 282 g/mol. The number of unbranched alkanes of at least 4 members (excludes halogenated alkanes) is 1. The van der Waals surface area contributed by atoms with Crippen LogP contribution in [-0.4, -0.2) is 31.0 Å². The Hall–Kier alpha value is 0.140. The second-order valence-corrected chi connectivity index (χ2v) is 5.51. The molecular weight excluding hydrogens is 273 g/mol. The van der Waals surface area contributed by atoms with Gasteiger partial charge in [-0.3, -0.25) is 4.18 Å². The zero-order chi connectivity index (χ0) is 11.9. The first-order chi connectivity index (χ1) is 6.81. The maximum absolute atomic E-state index is 11.7. The molecule has 0 amide bonds. The van der Waals surface area contributed by atoms with Gasteiger partial charge in [-0.2, -0.15) is 21.6 Å². The lowest BCUT2D eigenvalue weighted by atomic mass is 10.4. The third-order valence-electron chi connectivity index (χ3n) is 1.25. The van der Waals surface area contributed by atoms with Crippen molar-refractivity contribution in [3.63, 3.8) is 0 Å². The Morgan fingerprint density at radius 2 is 1.93 bits per heavy atom. The van der Waals surface area contributed by atoms with E-state index in [0.29, 0.717) is 12.2 Å². The summed E-state index contributed by atoms with van der Waals surface area (Å²) in [6.45, 7) is -0.459. The van der Waals surface area contributed by atoms with E-state index in [9.17, 15) is 21.6 Å². The van der Waals surface area contributed by atoms with Crippen LogP contribution in [0, 0.1) is 0 Å². The van der Waals surface area contributed by atoms with Gasteiger partial charge in [0.2, 0.25) is 0 Å². The molecule has 3 nitrogen and oxygen atoms in total. The highest BCUT2D eigenvalue weighted by atomic mass is 32.2. The molecular formula is C6H9F3O3S3. The lowest BCUT2D eigenvalue weighted by Crippen LogP contribution is -2.25. The topological polar surface area (TPSA) is 43.4 Å². The van der Waals surface area contributed by atoms with Gasteiger partial charge in [-0.1, -0.05) is 12.2 Å². The summed E-state index contributed by atoms with van der Waals surface area (Å²) in [6.07, 6.45) is 0.788. The molecule has 9 heteroatoms. The van der Waals surface area contributed by atoms with Gasteiger partial charge in [-0.15, -0.1) is 11.8 Å². The molecule has 0 aliphatic rings.